The predicted molar refractivity (Wildman–Crippen MR) is 149 cm³/mol. The van der Waals surface area contributed by atoms with Gasteiger partial charge in [-0.1, -0.05) is 25.1 Å². The number of rotatable bonds is 10. The minimum absolute atomic E-state index is 0.0114. The third-order valence-electron chi connectivity index (χ3n) is 6.51. The van der Waals surface area contributed by atoms with Crippen molar-refractivity contribution >= 4 is 34.7 Å². The molecule has 0 atom stereocenters. The largest absolute Gasteiger partial charge is 0.416 e. The number of benzene rings is 3. The van der Waals surface area contributed by atoms with E-state index < -0.39 is 17.6 Å². The second kappa shape index (κ2) is 12.3. The van der Waals surface area contributed by atoms with E-state index in [1.165, 1.54) is 0 Å². The molecule has 1 aromatic heterocycles. The van der Waals surface area contributed by atoms with Gasteiger partial charge in [-0.05, 0) is 72.1 Å². The van der Waals surface area contributed by atoms with Crippen molar-refractivity contribution in [2.24, 2.45) is 0 Å². The van der Waals surface area contributed by atoms with Gasteiger partial charge in [0.1, 0.15) is 17.4 Å². The number of alkyl halides is 3. The van der Waals surface area contributed by atoms with Crippen LogP contribution in [0.3, 0.4) is 0 Å². The number of halogens is 4. The number of aryl methyl sites for hydroxylation is 1. The molecule has 10 heteroatoms. The molecule has 0 fully saturated rings. The summed E-state index contributed by atoms with van der Waals surface area (Å²) in [6.45, 7) is 3.70. The van der Waals surface area contributed by atoms with E-state index in [2.05, 4.69) is 15.3 Å². The third-order valence-corrected chi connectivity index (χ3v) is 6.51. The van der Waals surface area contributed by atoms with Gasteiger partial charge in [0.2, 0.25) is 5.95 Å². The average Bonchev–Trinajstić information content (AvgIpc) is 2.93. The maximum atomic E-state index is 13.7. The molecule has 0 spiro atoms. The maximum Gasteiger partial charge on any atom is 0.416 e. The van der Waals surface area contributed by atoms with E-state index in [-0.39, 0.29) is 30.0 Å². The van der Waals surface area contributed by atoms with Crippen LogP contribution in [0.1, 0.15) is 46.0 Å². The molecular formula is C31H28F4N4O2. The lowest BCUT2D eigenvalue weighted by atomic mass is 10.0. The second-order valence-corrected chi connectivity index (χ2v) is 9.63. The van der Waals surface area contributed by atoms with E-state index in [1.807, 2.05) is 37.9 Å². The van der Waals surface area contributed by atoms with Gasteiger partial charge in [0, 0.05) is 49.4 Å². The molecule has 212 valence electrons. The predicted octanol–water partition coefficient (Wildman–Crippen LogP) is 7.40. The van der Waals surface area contributed by atoms with Gasteiger partial charge in [-0.15, -0.1) is 0 Å². The number of hydrogen-bond donors (Lipinski definition) is 1. The number of carbonyl (C=O) groups is 2. The Balaban J connectivity index is 1.42. The number of nitrogens with zero attached hydrogens (tertiary/aromatic N) is 3. The summed E-state index contributed by atoms with van der Waals surface area (Å²) >= 11 is 0. The van der Waals surface area contributed by atoms with Crippen LogP contribution in [0.15, 0.2) is 72.9 Å². The standard InChI is InChI=1S/C31H28F4N4O2/c1-4-28(41)27-18-24(8-5-19(27)2)37-30-36-12-11-29(38-30)39(3)25-9-6-20(7-10-25)15-26(40)16-21-13-22(31(33,34)35)17-23(32)14-21/h5-14,17-18H,4,15-16H2,1-3H3,(H,36,37,38). The van der Waals surface area contributed by atoms with E-state index in [0.29, 0.717) is 41.1 Å². The van der Waals surface area contributed by atoms with Crippen molar-refractivity contribution < 1.29 is 27.2 Å². The zero-order chi connectivity index (χ0) is 29.7. The molecule has 0 radical (unpaired) electrons. The quantitative estimate of drug-likeness (QED) is 0.160. The molecule has 0 aliphatic rings. The molecule has 1 N–H and O–H groups in total. The highest BCUT2D eigenvalue weighted by atomic mass is 19.4. The first-order chi connectivity index (χ1) is 19.4. The highest BCUT2D eigenvalue weighted by molar-refractivity contribution is 5.98. The number of aromatic nitrogens is 2. The Bertz CT molecular complexity index is 1570. The summed E-state index contributed by atoms with van der Waals surface area (Å²) in [5.41, 5.74) is 2.53. The van der Waals surface area contributed by atoms with Crippen LogP contribution >= 0.6 is 0 Å². The number of Topliss-reactive ketones (excluding diaryl/α,β-unsaturated/α-hetero) is 2. The Labute approximate surface area is 235 Å². The highest BCUT2D eigenvalue weighted by Gasteiger charge is 2.31. The van der Waals surface area contributed by atoms with E-state index in [1.54, 1.807) is 42.6 Å². The monoisotopic (exact) mass is 564 g/mol. The SMILES string of the molecule is CCC(=O)c1cc(Nc2nccc(N(C)c3ccc(CC(=O)Cc4cc(F)cc(C(F)(F)F)c4)cc3)n2)ccc1C. The number of nitrogens with one attached hydrogen (secondary N) is 1. The van der Waals surface area contributed by atoms with Crippen molar-refractivity contribution in [1.29, 1.82) is 0 Å². The number of carbonyl (C=O) groups excluding carboxylic acids is 2. The van der Waals surface area contributed by atoms with Crippen LogP contribution < -0.4 is 10.2 Å². The van der Waals surface area contributed by atoms with Crippen molar-refractivity contribution in [3.05, 3.63) is 107 Å². The first-order valence-electron chi connectivity index (χ1n) is 12.9. The molecule has 0 amide bonds. The van der Waals surface area contributed by atoms with Crippen LogP contribution in [0.4, 0.5) is 40.7 Å². The van der Waals surface area contributed by atoms with E-state index in [9.17, 15) is 27.2 Å². The summed E-state index contributed by atoms with van der Waals surface area (Å²) in [4.78, 5) is 35.4. The molecular weight excluding hydrogens is 536 g/mol. The van der Waals surface area contributed by atoms with Gasteiger partial charge < -0.3 is 10.2 Å². The number of hydrogen-bond acceptors (Lipinski definition) is 6. The van der Waals surface area contributed by atoms with Crippen LogP contribution in [0.25, 0.3) is 0 Å². The van der Waals surface area contributed by atoms with E-state index in [4.69, 9.17) is 0 Å². The molecule has 0 saturated heterocycles. The molecule has 0 saturated carbocycles. The fraction of sp³-hybridized carbons (Fsp3) is 0.226. The van der Waals surface area contributed by atoms with Crippen LogP contribution in [-0.4, -0.2) is 28.6 Å². The lowest BCUT2D eigenvalue weighted by Crippen LogP contribution is -2.13. The lowest BCUT2D eigenvalue weighted by molar-refractivity contribution is -0.138. The highest BCUT2D eigenvalue weighted by Crippen LogP contribution is 2.31. The van der Waals surface area contributed by atoms with Crippen LogP contribution in [0, 0.1) is 12.7 Å². The Morgan fingerprint density at radius 3 is 2.32 bits per heavy atom. The van der Waals surface area contributed by atoms with Gasteiger partial charge in [0.05, 0.1) is 5.56 Å². The Kier molecular flexibility index (Phi) is 8.80. The summed E-state index contributed by atoms with van der Waals surface area (Å²) in [6.07, 6.45) is -3.00. The Morgan fingerprint density at radius 2 is 1.63 bits per heavy atom. The smallest absolute Gasteiger partial charge is 0.329 e. The second-order valence-electron chi connectivity index (χ2n) is 9.63. The molecule has 4 aromatic rings. The molecule has 1 heterocycles. The van der Waals surface area contributed by atoms with E-state index in [0.717, 1.165) is 23.4 Å². The summed E-state index contributed by atoms with van der Waals surface area (Å²) in [5.74, 6) is -0.379. The zero-order valence-electron chi connectivity index (χ0n) is 22.7. The molecule has 0 aliphatic heterocycles. The molecule has 0 aliphatic carbocycles. The summed E-state index contributed by atoms with van der Waals surface area (Å²) in [5, 5.41) is 3.14. The lowest BCUT2D eigenvalue weighted by Gasteiger charge is -2.19. The van der Waals surface area contributed by atoms with Crippen molar-refractivity contribution in [3.8, 4) is 0 Å². The third kappa shape index (κ3) is 7.53. The molecule has 41 heavy (non-hydrogen) atoms. The first-order valence-corrected chi connectivity index (χ1v) is 12.9. The topological polar surface area (TPSA) is 75.2 Å². The number of anilines is 4. The zero-order valence-corrected chi connectivity index (χ0v) is 22.7. The first kappa shape index (κ1) is 29.4. The normalized spacial score (nSPS) is 11.3. The Morgan fingerprint density at radius 1 is 0.927 bits per heavy atom. The van der Waals surface area contributed by atoms with Gasteiger partial charge in [-0.3, -0.25) is 9.59 Å². The molecule has 0 unspecified atom stereocenters. The summed E-state index contributed by atoms with van der Waals surface area (Å²) in [6, 6.07) is 16.5. The molecule has 0 bridgehead atoms. The molecule has 4 rings (SSSR count). The summed E-state index contributed by atoms with van der Waals surface area (Å²) in [7, 11) is 1.82. The fourth-order valence-corrected chi connectivity index (χ4v) is 4.32. The van der Waals surface area contributed by atoms with E-state index >= 15 is 0 Å². The van der Waals surface area contributed by atoms with Crippen molar-refractivity contribution in [1.82, 2.24) is 9.97 Å². The van der Waals surface area contributed by atoms with Crippen molar-refractivity contribution in [2.75, 3.05) is 17.3 Å². The Hall–Kier alpha value is -4.60. The van der Waals surface area contributed by atoms with Crippen LogP contribution in [0.5, 0.6) is 0 Å². The maximum absolute atomic E-state index is 13.7. The average molecular weight is 565 g/mol. The summed E-state index contributed by atoms with van der Waals surface area (Å²) < 4.78 is 52.6. The van der Waals surface area contributed by atoms with Gasteiger partial charge in [-0.25, -0.2) is 9.37 Å². The fourth-order valence-electron chi connectivity index (χ4n) is 4.32. The molecule has 3 aromatic carbocycles. The van der Waals surface area contributed by atoms with Crippen LogP contribution in [-0.2, 0) is 23.8 Å². The minimum Gasteiger partial charge on any atom is -0.329 e. The van der Waals surface area contributed by atoms with Gasteiger partial charge in [0.25, 0.3) is 0 Å². The van der Waals surface area contributed by atoms with Crippen molar-refractivity contribution in [3.63, 3.8) is 0 Å². The van der Waals surface area contributed by atoms with Gasteiger partial charge in [0.15, 0.2) is 5.78 Å². The van der Waals surface area contributed by atoms with Gasteiger partial charge >= 0.3 is 6.18 Å². The van der Waals surface area contributed by atoms with Crippen LogP contribution in [0.2, 0.25) is 0 Å². The minimum atomic E-state index is -4.69. The van der Waals surface area contributed by atoms with Crippen molar-refractivity contribution in [2.45, 2.75) is 39.3 Å². The molecule has 6 nitrogen and oxygen atoms in total. The van der Waals surface area contributed by atoms with Gasteiger partial charge in [-0.2, -0.15) is 18.2 Å². The number of ketones is 2.